The van der Waals surface area contributed by atoms with Gasteiger partial charge in [-0.2, -0.15) is 4.98 Å². The van der Waals surface area contributed by atoms with Gasteiger partial charge in [-0.15, -0.1) is 5.10 Å². The Kier molecular flexibility index (Phi) is 4.91. The molecule has 2 N–H and O–H groups in total. The molecule has 3 aromatic rings. The third kappa shape index (κ3) is 4.09. The van der Waals surface area contributed by atoms with Crippen molar-refractivity contribution < 1.29 is 13.9 Å². The summed E-state index contributed by atoms with van der Waals surface area (Å²) in [5, 5.41) is 17.1. The van der Waals surface area contributed by atoms with E-state index in [1.54, 1.807) is 19.1 Å². The van der Waals surface area contributed by atoms with Crippen LogP contribution in [0.15, 0.2) is 36.5 Å². The van der Waals surface area contributed by atoms with E-state index in [2.05, 4.69) is 20.4 Å². The Bertz CT molecular complexity index is 883. The van der Waals surface area contributed by atoms with Gasteiger partial charge >= 0.3 is 0 Å². The maximum Gasteiger partial charge on any atom is 0.247 e. The summed E-state index contributed by atoms with van der Waals surface area (Å²) >= 11 is 5.79. The first-order valence-corrected chi connectivity index (χ1v) is 7.77. The molecule has 0 saturated heterocycles. The van der Waals surface area contributed by atoms with Crippen LogP contribution in [0.3, 0.4) is 0 Å². The normalized spacial score (nSPS) is 12.2. The lowest BCUT2D eigenvalue weighted by atomic mass is 10.2. The Morgan fingerprint density at radius 2 is 2.04 bits per heavy atom. The summed E-state index contributed by atoms with van der Waals surface area (Å²) in [6.45, 7) is 1.82. The summed E-state index contributed by atoms with van der Waals surface area (Å²) < 4.78 is 27.8. The minimum absolute atomic E-state index is 0.177. The van der Waals surface area contributed by atoms with Gasteiger partial charge in [0.1, 0.15) is 5.15 Å². The van der Waals surface area contributed by atoms with E-state index in [9.17, 15) is 13.9 Å². The molecule has 0 amide bonds. The van der Waals surface area contributed by atoms with Crippen molar-refractivity contribution in [2.45, 2.75) is 19.6 Å². The molecule has 0 saturated carbocycles. The van der Waals surface area contributed by atoms with Crippen LogP contribution in [0.1, 0.15) is 6.92 Å². The van der Waals surface area contributed by atoms with Gasteiger partial charge in [-0.05, 0) is 31.2 Å². The third-order valence-electron chi connectivity index (χ3n) is 3.27. The monoisotopic (exact) mass is 365 g/mol. The maximum absolute atomic E-state index is 13.3. The Labute approximate surface area is 147 Å². The van der Waals surface area contributed by atoms with Crippen molar-refractivity contribution in [2.24, 2.45) is 0 Å². The minimum Gasteiger partial charge on any atom is -0.391 e. The molecule has 25 heavy (non-hydrogen) atoms. The molecule has 0 aliphatic carbocycles. The lowest BCUT2D eigenvalue weighted by molar-refractivity contribution is 0.169. The van der Waals surface area contributed by atoms with Gasteiger partial charge < -0.3 is 10.4 Å². The molecular formula is C16H14ClF2N5O. The van der Waals surface area contributed by atoms with Crippen LogP contribution in [0.4, 0.5) is 20.4 Å². The fourth-order valence-electron chi connectivity index (χ4n) is 2.20. The summed E-state index contributed by atoms with van der Waals surface area (Å²) in [5.74, 6) is -1.28. The van der Waals surface area contributed by atoms with E-state index in [1.165, 1.54) is 16.9 Å². The molecule has 2 heterocycles. The van der Waals surface area contributed by atoms with Crippen molar-refractivity contribution >= 4 is 23.2 Å². The van der Waals surface area contributed by atoms with E-state index < -0.39 is 17.7 Å². The molecule has 0 bridgehead atoms. The molecule has 6 nitrogen and oxygen atoms in total. The Morgan fingerprint density at radius 3 is 2.68 bits per heavy atom. The van der Waals surface area contributed by atoms with Gasteiger partial charge in [0.25, 0.3) is 0 Å². The second-order valence-corrected chi connectivity index (χ2v) is 5.80. The average molecular weight is 366 g/mol. The maximum atomic E-state index is 13.3. The molecule has 0 radical (unpaired) electrons. The summed E-state index contributed by atoms with van der Waals surface area (Å²) in [4.78, 5) is 8.34. The van der Waals surface area contributed by atoms with Crippen molar-refractivity contribution in [3.8, 4) is 11.4 Å². The van der Waals surface area contributed by atoms with E-state index in [0.717, 1.165) is 12.1 Å². The molecule has 0 spiro atoms. The molecule has 9 heteroatoms. The second-order valence-electron chi connectivity index (χ2n) is 5.41. The zero-order valence-electron chi connectivity index (χ0n) is 13.1. The number of halogens is 3. The zero-order valence-corrected chi connectivity index (χ0v) is 13.9. The van der Waals surface area contributed by atoms with Gasteiger partial charge in [0.15, 0.2) is 17.5 Å². The third-order valence-corrected chi connectivity index (χ3v) is 3.49. The van der Waals surface area contributed by atoms with E-state index in [-0.39, 0.29) is 12.5 Å². The number of aliphatic hydroxyl groups is 1. The van der Waals surface area contributed by atoms with E-state index in [1.807, 2.05) is 0 Å². The van der Waals surface area contributed by atoms with Crippen molar-refractivity contribution in [2.75, 3.05) is 5.32 Å². The number of nitrogens with zero attached hydrogens (tertiary/aromatic N) is 4. The molecular weight excluding hydrogens is 352 g/mol. The van der Waals surface area contributed by atoms with Crippen LogP contribution >= 0.6 is 11.6 Å². The first-order valence-electron chi connectivity index (χ1n) is 7.39. The molecule has 0 fully saturated rings. The number of anilines is 2. The van der Waals surface area contributed by atoms with Crippen LogP contribution in [0.5, 0.6) is 0 Å². The lowest BCUT2D eigenvalue weighted by Gasteiger charge is -2.07. The van der Waals surface area contributed by atoms with Crippen molar-refractivity contribution in [3.63, 3.8) is 0 Å². The van der Waals surface area contributed by atoms with E-state index >= 15 is 0 Å². The van der Waals surface area contributed by atoms with Crippen molar-refractivity contribution in [1.29, 1.82) is 0 Å². The molecule has 0 aliphatic rings. The van der Waals surface area contributed by atoms with E-state index in [4.69, 9.17) is 11.6 Å². The van der Waals surface area contributed by atoms with Crippen LogP contribution in [0.2, 0.25) is 5.15 Å². The predicted octanol–water partition coefficient (Wildman–Crippen LogP) is 3.40. The number of nitrogens with one attached hydrogen (secondary N) is 1. The largest absolute Gasteiger partial charge is 0.391 e. The van der Waals surface area contributed by atoms with Gasteiger partial charge in [0.2, 0.25) is 5.95 Å². The Hall–Kier alpha value is -2.58. The van der Waals surface area contributed by atoms with Gasteiger partial charge in [0, 0.05) is 23.5 Å². The van der Waals surface area contributed by atoms with Crippen LogP contribution in [-0.2, 0) is 6.54 Å². The molecule has 130 valence electrons. The summed E-state index contributed by atoms with van der Waals surface area (Å²) in [5.41, 5.74) is 0.949. The summed E-state index contributed by atoms with van der Waals surface area (Å²) in [6, 6.07) is 6.72. The average Bonchev–Trinajstić information content (AvgIpc) is 2.93. The quantitative estimate of drug-likeness (QED) is 0.678. The van der Waals surface area contributed by atoms with Crippen LogP contribution in [0, 0.1) is 11.6 Å². The standard InChI is InChI=1S/C16H14ClF2N5O/c1-9(25)8-24-15(10-2-5-14(17)20-7-10)22-16(23-24)21-11-3-4-12(18)13(19)6-11/h2-7,9,25H,8H2,1H3,(H,21,23)/t9-/m0/s1. The summed E-state index contributed by atoms with van der Waals surface area (Å²) in [6.07, 6.45) is 0.878. The molecule has 3 rings (SSSR count). The van der Waals surface area contributed by atoms with Crippen LogP contribution < -0.4 is 5.32 Å². The highest BCUT2D eigenvalue weighted by atomic mass is 35.5. The second kappa shape index (κ2) is 7.12. The predicted molar refractivity (Wildman–Crippen MR) is 89.6 cm³/mol. The number of hydrogen-bond donors (Lipinski definition) is 2. The smallest absolute Gasteiger partial charge is 0.247 e. The number of benzene rings is 1. The zero-order chi connectivity index (χ0) is 18.0. The first-order chi connectivity index (χ1) is 11.9. The molecule has 1 aromatic carbocycles. The number of hydrogen-bond acceptors (Lipinski definition) is 5. The number of aromatic nitrogens is 4. The lowest BCUT2D eigenvalue weighted by Crippen LogP contribution is -2.14. The molecule has 0 aliphatic heterocycles. The highest BCUT2D eigenvalue weighted by molar-refractivity contribution is 6.29. The van der Waals surface area contributed by atoms with Gasteiger partial charge in [-0.25, -0.2) is 18.4 Å². The van der Waals surface area contributed by atoms with Crippen LogP contribution in [-0.4, -0.2) is 31.0 Å². The topological polar surface area (TPSA) is 75.9 Å². The number of pyridine rings is 1. The first kappa shape index (κ1) is 17.2. The summed E-state index contributed by atoms with van der Waals surface area (Å²) in [7, 11) is 0. The fourth-order valence-corrected chi connectivity index (χ4v) is 2.31. The van der Waals surface area contributed by atoms with Crippen LogP contribution in [0.25, 0.3) is 11.4 Å². The fraction of sp³-hybridized carbons (Fsp3) is 0.188. The molecule has 2 aromatic heterocycles. The number of aliphatic hydroxyl groups excluding tert-OH is 1. The van der Waals surface area contributed by atoms with Gasteiger partial charge in [-0.1, -0.05) is 11.6 Å². The van der Waals surface area contributed by atoms with E-state index in [0.29, 0.717) is 22.2 Å². The molecule has 1 atom stereocenters. The molecule has 0 unspecified atom stereocenters. The minimum atomic E-state index is -0.976. The van der Waals surface area contributed by atoms with Gasteiger partial charge in [0.05, 0.1) is 12.6 Å². The Morgan fingerprint density at radius 1 is 1.24 bits per heavy atom. The van der Waals surface area contributed by atoms with Gasteiger partial charge in [-0.3, -0.25) is 0 Å². The number of rotatable bonds is 5. The highest BCUT2D eigenvalue weighted by Crippen LogP contribution is 2.22. The van der Waals surface area contributed by atoms with Crippen molar-refractivity contribution in [3.05, 3.63) is 53.3 Å². The van der Waals surface area contributed by atoms with Crippen molar-refractivity contribution in [1.82, 2.24) is 19.7 Å². The SMILES string of the molecule is C[C@H](O)Cn1nc(Nc2ccc(F)c(F)c2)nc1-c1ccc(Cl)nc1. The highest BCUT2D eigenvalue weighted by Gasteiger charge is 2.15. The Balaban J connectivity index is 1.94.